The SMILES string of the molecule is CC[C@@H](N)C(=O)NCC(C)(C)C(=O)NC. The van der Waals surface area contributed by atoms with E-state index in [-0.39, 0.29) is 11.8 Å². The third kappa shape index (κ3) is 4.29. The van der Waals surface area contributed by atoms with Gasteiger partial charge in [0, 0.05) is 13.6 Å². The van der Waals surface area contributed by atoms with Crippen molar-refractivity contribution in [2.45, 2.75) is 33.2 Å². The Labute approximate surface area is 90.8 Å². The fourth-order valence-electron chi connectivity index (χ4n) is 1.04. The number of hydrogen-bond acceptors (Lipinski definition) is 3. The second-order valence-electron chi connectivity index (χ2n) is 4.20. The Morgan fingerprint density at radius 1 is 1.40 bits per heavy atom. The largest absolute Gasteiger partial charge is 0.359 e. The Hall–Kier alpha value is -1.10. The molecule has 0 aromatic rings. The molecule has 0 fully saturated rings. The van der Waals surface area contributed by atoms with Crippen molar-refractivity contribution in [3.63, 3.8) is 0 Å². The van der Waals surface area contributed by atoms with Gasteiger partial charge in [0.1, 0.15) is 0 Å². The van der Waals surface area contributed by atoms with Gasteiger partial charge in [-0.1, -0.05) is 6.92 Å². The Bertz CT molecular complexity index is 239. The molecule has 5 nitrogen and oxygen atoms in total. The summed E-state index contributed by atoms with van der Waals surface area (Å²) in [6, 6.07) is -0.495. The van der Waals surface area contributed by atoms with Crippen LogP contribution < -0.4 is 16.4 Å². The van der Waals surface area contributed by atoms with Crippen molar-refractivity contribution in [1.29, 1.82) is 0 Å². The maximum Gasteiger partial charge on any atom is 0.236 e. The van der Waals surface area contributed by atoms with E-state index in [9.17, 15) is 9.59 Å². The average Bonchev–Trinajstić information content (AvgIpc) is 2.23. The van der Waals surface area contributed by atoms with Gasteiger partial charge in [-0.05, 0) is 20.3 Å². The highest BCUT2D eigenvalue weighted by Crippen LogP contribution is 2.13. The van der Waals surface area contributed by atoms with Crippen LogP contribution in [0.3, 0.4) is 0 Å². The third-order valence-corrected chi connectivity index (χ3v) is 2.32. The second-order valence-corrected chi connectivity index (χ2v) is 4.20. The lowest BCUT2D eigenvalue weighted by Crippen LogP contribution is -2.48. The number of hydrogen-bond donors (Lipinski definition) is 3. The molecule has 88 valence electrons. The number of nitrogens with two attached hydrogens (primary N) is 1. The van der Waals surface area contributed by atoms with E-state index in [1.165, 1.54) is 0 Å². The molecule has 0 radical (unpaired) electrons. The van der Waals surface area contributed by atoms with Crippen LogP contribution in [-0.4, -0.2) is 31.4 Å². The first kappa shape index (κ1) is 13.9. The van der Waals surface area contributed by atoms with Gasteiger partial charge < -0.3 is 16.4 Å². The molecule has 0 spiro atoms. The Morgan fingerprint density at radius 2 is 1.93 bits per heavy atom. The second kappa shape index (κ2) is 5.70. The van der Waals surface area contributed by atoms with Crippen molar-refractivity contribution in [3.8, 4) is 0 Å². The van der Waals surface area contributed by atoms with Gasteiger partial charge in [0.05, 0.1) is 11.5 Å². The molecule has 0 heterocycles. The molecule has 4 N–H and O–H groups in total. The Balaban J connectivity index is 4.15. The lowest BCUT2D eigenvalue weighted by Gasteiger charge is -2.23. The van der Waals surface area contributed by atoms with E-state index in [0.717, 1.165) is 0 Å². The summed E-state index contributed by atoms with van der Waals surface area (Å²) < 4.78 is 0. The molecule has 15 heavy (non-hydrogen) atoms. The minimum absolute atomic E-state index is 0.104. The molecule has 1 atom stereocenters. The van der Waals surface area contributed by atoms with Crippen LogP contribution >= 0.6 is 0 Å². The van der Waals surface area contributed by atoms with Crippen molar-refractivity contribution in [2.75, 3.05) is 13.6 Å². The van der Waals surface area contributed by atoms with E-state index in [2.05, 4.69) is 10.6 Å². The highest BCUT2D eigenvalue weighted by atomic mass is 16.2. The quantitative estimate of drug-likeness (QED) is 0.584. The summed E-state index contributed by atoms with van der Waals surface area (Å²) in [7, 11) is 1.57. The van der Waals surface area contributed by atoms with Crippen LogP contribution in [0.15, 0.2) is 0 Å². The van der Waals surface area contributed by atoms with Crippen molar-refractivity contribution in [2.24, 2.45) is 11.1 Å². The predicted octanol–water partition coefficient (Wildman–Crippen LogP) is -0.388. The van der Waals surface area contributed by atoms with Gasteiger partial charge in [0.2, 0.25) is 11.8 Å². The zero-order valence-electron chi connectivity index (χ0n) is 9.89. The smallest absolute Gasteiger partial charge is 0.236 e. The molecule has 5 heteroatoms. The molecule has 2 amide bonds. The Morgan fingerprint density at radius 3 is 2.33 bits per heavy atom. The number of amides is 2. The molecule has 0 aromatic heterocycles. The summed E-state index contributed by atoms with van der Waals surface area (Å²) in [6.45, 7) is 5.67. The maximum absolute atomic E-state index is 11.4. The Kier molecular flexibility index (Phi) is 5.28. The lowest BCUT2D eigenvalue weighted by molar-refractivity contribution is -0.129. The van der Waals surface area contributed by atoms with Crippen molar-refractivity contribution >= 4 is 11.8 Å². The molecule has 0 aliphatic heterocycles. The molecular formula is C10H21N3O2. The van der Waals surface area contributed by atoms with E-state index >= 15 is 0 Å². The third-order valence-electron chi connectivity index (χ3n) is 2.32. The highest BCUT2D eigenvalue weighted by molar-refractivity contribution is 5.84. The van der Waals surface area contributed by atoms with Crippen LogP contribution in [0.4, 0.5) is 0 Å². The molecule has 0 rings (SSSR count). The molecule has 0 aromatic carbocycles. The highest BCUT2D eigenvalue weighted by Gasteiger charge is 2.27. The minimum Gasteiger partial charge on any atom is -0.359 e. The zero-order chi connectivity index (χ0) is 12.1. The molecular weight excluding hydrogens is 194 g/mol. The summed E-state index contributed by atoms with van der Waals surface area (Å²) in [5, 5.41) is 5.21. The lowest BCUT2D eigenvalue weighted by atomic mass is 9.92. The summed E-state index contributed by atoms with van der Waals surface area (Å²) in [6.07, 6.45) is 0.590. The molecule has 0 unspecified atom stereocenters. The monoisotopic (exact) mass is 215 g/mol. The van der Waals surface area contributed by atoms with Crippen LogP contribution in [-0.2, 0) is 9.59 Å². The standard InChI is InChI=1S/C10H21N3O2/c1-5-7(11)8(14)13-6-10(2,3)9(15)12-4/h7H,5-6,11H2,1-4H3,(H,12,15)(H,13,14)/t7-/m1/s1. The van der Waals surface area contributed by atoms with E-state index in [1.807, 2.05) is 6.92 Å². The summed E-state index contributed by atoms with van der Waals surface area (Å²) in [4.78, 5) is 22.8. The van der Waals surface area contributed by atoms with Gasteiger partial charge >= 0.3 is 0 Å². The maximum atomic E-state index is 11.4. The number of carbonyl (C=O) groups is 2. The van der Waals surface area contributed by atoms with Gasteiger partial charge in [-0.25, -0.2) is 0 Å². The van der Waals surface area contributed by atoms with E-state index in [0.29, 0.717) is 13.0 Å². The molecule has 0 bridgehead atoms. The number of nitrogens with one attached hydrogen (secondary N) is 2. The van der Waals surface area contributed by atoms with Crippen LogP contribution in [0, 0.1) is 5.41 Å². The first-order valence-corrected chi connectivity index (χ1v) is 5.10. The molecule has 0 saturated carbocycles. The van der Waals surface area contributed by atoms with Gasteiger partial charge in [0.25, 0.3) is 0 Å². The van der Waals surface area contributed by atoms with E-state index in [1.54, 1.807) is 20.9 Å². The first-order chi connectivity index (χ1) is 6.85. The number of carbonyl (C=O) groups excluding carboxylic acids is 2. The van der Waals surface area contributed by atoms with Crippen LogP contribution in [0.25, 0.3) is 0 Å². The summed E-state index contributed by atoms with van der Waals surface area (Å²) >= 11 is 0. The van der Waals surface area contributed by atoms with Gasteiger partial charge in [-0.2, -0.15) is 0 Å². The van der Waals surface area contributed by atoms with Crippen LogP contribution in [0.2, 0.25) is 0 Å². The molecule has 0 saturated heterocycles. The number of rotatable bonds is 5. The fourth-order valence-corrected chi connectivity index (χ4v) is 1.04. The van der Waals surface area contributed by atoms with E-state index in [4.69, 9.17) is 5.73 Å². The van der Waals surface area contributed by atoms with Crippen molar-refractivity contribution in [3.05, 3.63) is 0 Å². The van der Waals surface area contributed by atoms with E-state index < -0.39 is 11.5 Å². The first-order valence-electron chi connectivity index (χ1n) is 5.10. The minimum atomic E-state index is -0.613. The predicted molar refractivity (Wildman–Crippen MR) is 59.1 cm³/mol. The van der Waals surface area contributed by atoms with Gasteiger partial charge in [-0.3, -0.25) is 9.59 Å². The average molecular weight is 215 g/mol. The van der Waals surface area contributed by atoms with Crippen LogP contribution in [0.1, 0.15) is 27.2 Å². The van der Waals surface area contributed by atoms with Crippen molar-refractivity contribution in [1.82, 2.24) is 10.6 Å². The topological polar surface area (TPSA) is 84.2 Å². The van der Waals surface area contributed by atoms with Crippen LogP contribution in [0.5, 0.6) is 0 Å². The summed E-state index contributed by atoms with van der Waals surface area (Å²) in [5.74, 6) is -0.317. The molecule has 0 aliphatic carbocycles. The van der Waals surface area contributed by atoms with Crippen molar-refractivity contribution < 1.29 is 9.59 Å². The normalized spacial score (nSPS) is 13.1. The fraction of sp³-hybridized carbons (Fsp3) is 0.800. The zero-order valence-corrected chi connectivity index (χ0v) is 9.89. The van der Waals surface area contributed by atoms with Gasteiger partial charge in [-0.15, -0.1) is 0 Å². The molecule has 0 aliphatic rings. The summed E-state index contributed by atoms with van der Waals surface area (Å²) in [5.41, 5.74) is 4.93. The van der Waals surface area contributed by atoms with Gasteiger partial charge in [0.15, 0.2) is 0 Å².